The van der Waals surface area contributed by atoms with Crippen LogP contribution in [0.3, 0.4) is 0 Å². The van der Waals surface area contributed by atoms with Crippen LogP contribution in [0.25, 0.3) is 6.08 Å². The molecule has 0 aliphatic rings. The van der Waals surface area contributed by atoms with E-state index in [0.717, 1.165) is 0 Å². The lowest BCUT2D eigenvalue weighted by molar-refractivity contribution is -0.384. The van der Waals surface area contributed by atoms with Gasteiger partial charge in [0.15, 0.2) is 0 Å². The third-order valence-electron chi connectivity index (χ3n) is 3.31. The van der Waals surface area contributed by atoms with E-state index in [-0.39, 0.29) is 11.4 Å². The zero-order chi connectivity index (χ0) is 19.3. The first kappa shape index (κ1) is 19.6. The lowest BCUT2D eigenvalue weighted by Gasteiger charge is -2.08. The predicted octanol–water partition coefficient (Wildman–Crippen LogP) is 4.57. The number of methoxy groups -OCH3 is 2. The van der Waals surface area contributed by atoms with E-state index in [0.29, 0.717) is 27.1 Å². The van der Waals surface area contributed by atoms with Crippen molar-refractivity contribution in [2.45, 2.75) is 0 Å². The summed E-state index contributed by atoms with van der Waals surface area (Å²) in [6.07, 6.45) is 2.64. The van der Waals surface area contributed by atoms with Gasteiger partial charge in [0.25, 0.3) is 5.69 Å². The Balaban J connectivity index is 2.25. The Morgan fingerprint density at radius 2 is 1.92 bits per heavy atom. The zero-order valence-corrected chi connectivity index (χ0v) is 15.3. The number of rotatable bonds is 6. The van der Waals surface area contributed by atoms with E-state index in [4.69, 9.17) is 32.7 Å². The molecule has 9 heteroatoms. The van der Waals surface area contributed by atoms with Crippen molar-refractivity contribution in [3.05, 3.63) is 62.1 Å². The van der Waals surface area contributed by atoms with E-state index in [1.165, 1.54) is 50.6 Å². The van der Waals surface area contributed by atoms with Crippen molar-refractivity contribution >= 4 is 46.6 Å². The molecule has 0 saturated carbocycles. The highest BCUT2D eigenvalue weighted by molar-refractivity contribution is 6.36. The Morgan fingerprint density at radius 3 is 2.54 bits per heavy atom. The second-order valence-corrected chi connectivity index (χ2v) is 5.82. The summed E-state index contributed by atoms with van der Waals surface area (Å²) < 4.78 is 10.1. The Kier molecular flexibility index (Phi) is 6.43. The summed E-state index contributed by atoms with van der Waals surface area (Å²) in [7, 11) is 2.83. The number of anilines is 1. The largest absolute Gasteiger partial charge is 0.496 e. The number of ether oxygens (including phenoxy) is 2. The van der Waals surface area contributed by atoms with Gasteiger partial charge in [-0.15, -0.1) is 0 Å². The summed E-state index contributed by atoms with van der Waals surface area (Å²) in [5.74, 6) is 0.0931. The number of nitro benzene ring substituents is 1. The van der Waals surface area contributed by atoms with Crippen molar-refractivity contribution in [3.8, 4) is 11.5 Å². The van der Waals surface area contributed by atoms with Gasteiger partial charge in [-0.2, -0.15) is 0 Å². The van der Waals surface area contributed by atoms with E-state index in [2.05, 4.69) is 5.32 Å². The summed E-state index contributed by atoms with van der Waals surface area (Å²) in [6, 6.07) is 7.21. The number of carbonyl (C=O) groups excluding carboxylic acids is 1. The molecular formula is C17H14Cl2N2O5. The highest BCUT2D eigenvalue weighted by Gasteiger charge is 2.16. The van der Waals surface area contributed by atoms with Crippen LogP contribution in [-0.2, 0) is 4.79 Å². The molecule has 0 aromatic heterocycles. The second-order valence-electron chi connectivity index (χ2n) is 4.97. The smallest absolute Gasteiger partial charge is 0.296 e. The van der Waals surface area contributed by atoms with Crippen molar-refractivity contribution < 1.29 is 19.2 Å². The van der Waals surface area contributed by atoms with Gasteiger partial charge in [-0.25, -0.2) is 0 Å². The SMILES string of the molecule is COc1ccc(NC(=O)/C=C/c2cc(Cl)cc(Cl)c2OC)c([N+](=O)[O-])c1. The fraction of sp³-hybridized carbons (Fsp3) is 0.118. The van der Waals surface area contributed by atoms with Gasteiger partial charge >= 0.3 is 0 Å². The van der Waals surface area contributed by atoms with Crippen molar-refractivity contribution in [3.63, 3.8) is 0 Å². The third-order valence-corrected chi connectivity index (χ3v) is 3.81. The van der Waals surface area contributed by atoms with Crippen LogP contribution in [0.5, 0.6) is 11.5 Å². The Labute approximate surface area is 159 Å². The number of nitro groups is 1. The highest BCUT2D eigenvalue weighted by atomic mass is 35.5. The van der Waals surface area contributed by atoms with Gasteiger partial charge in [0.05, 0.1) is 30.2 Å². The quantitative estimate of drug-likeness (QED) is 0.438. The third kappa shape index (κ3) is 4.65. The summed E-state index contributed by atoms with van der Waals surface area (Å²) in [5.41, 5.74) is 0.250. The molecule has 7 nitrogen and oxygen atoms in total. The molecule has 0 atom stereocenters. The van der Waals surface area contributed by atoms with Crippen LogP contribution in [0.1, 0.15) is 5.56 Å². The minimum absolute atomic E-state index is 0.0431. The first-order chi connectivity index (χ1) is 12.3. The van der Waals surface area contributed by atoms with E-state index in [1.807, 2.05) is 0 Å². The van der Waals surface area contributed by atoms with Crippen molar-refractivity contribution in [1.82, 2.24) is 0 Å². The standard InChI is InChI=1S/C17H14Cl2N2O5/c1-25-12-4-5-14(15(9-12)21(23)24)20-16(22)6-3-10-7-11(18)8-13(19)17(10)26-2/h3-9H,1-2H3,(H,20,22)/b6-3+. The van der Waals surface area contributed by atoms with Crippen LogP contribution in [0, 0.1) is 10.1 Å². The highest BCUT2D eigenvalue weighted by Crippen LogP contribution is 2.33. The minimum Gasteiger partial charge on any atom is -0.496 e. The number of nitrogens with one attached hydrogen (secondary N) is 1. The number of benzene rings is 2. The molecule has 1 amide bonds. The molecule has 136 valence electrons. The summed E-state index contributed by atoms with van der Waals surface area (Å²) in [6.45, 7) is 0. The molecule has 0 aliphatic heterocycles. The Hall–Kier alpha value is -2.77. The number of hydrogen-bond donors (Lipinski definition) is 1. The Bertz CT molecular complexity index is 884. The molecule has 0 fully saturated rings. The summed E-state index contributed by atoms with van der Waals surface area (Å²) in [5, 5.41) is 14.3. The molecule has 26 heavy (non-hydrogen) atoms. The molecule has 2 aromatic carbocycles. The summed E-state index contributed by atoms with van der Waals surface area (Å²) in [4.78, 5) is 22.7. The maximum atomic E-state index is 12.1. The van der Waals surface area contributed by atoms with E-state index in [9.17, 15) is 14.9 Å². The van der Waals surface area contributed by atoms with Gasteiger partial charge in [-0.3, -0.25) is 14.9 Å². The van der Waals surface area contributed by atoms with Crippen LogP contribution in [0.2, 0.25) is 10.0 Å². The lowest BCUT2D eigenvalue weighted by Crippen LogP contribution is -2.09. The second kappa shape index (κ2) is 8.55. The summed E-state index contributed by atoms with van der Waals surface area (Å²) >= 11 is 12.0. The fourth-order valence-electron chi connectivity index (χ4n) is 2.15. The Morgan fingerprint density at radius 1 is 1.19 bits per heavy atom. The van der Waals surface area contributed by atoms with Crippen LogP contribution in [-0.4, -0.2) is 25.1 Å². The number of halogens is 2. The maximum absolute atomic E-state index is 12.1. The van der Waals surface area contributed by atoms with Crippen LogP contribution >= 0.6 is 23.2 Å². The number of hydrogen-bond acceptors (Lipinski definition) is 5. The average molecular weight is 397 g/mol. The van der Waals surface area contributed by atoms with Gasteiger partial charge in [0.1, 0.15) is 17.2 Å². The molecule has 0 unspecified atom stereocenters. The fourth-order valence-corrected chi connectivity index (χ4v) is 2.74. The van der Waals surface area contributed by atoms with Gasteiger partial charge < -0.3 is 14.8 Å². The van der Waals surface area contributed by atoms with Gasteiger partial charge in [0.2, 0.25) is 5.91 Å². The minimum atomic E-state index is -0.610. The molecule has 0 heterocycles. The molecule has 0 spiro atoms. The molecule has 0 radical (unpaired) electrons. The molecule has 2 aromatic rings. The molecule has 0 saturated heterocycles. The van der Waals surface area contributed by atoms with Gasteiger partial charge in [0, 0.05) is 16.7 Å². The van der Waals surface area contributed by atoms with Crippen molar-refractivity contribution in [2.75, 3.05) is 19.5 Å². The number of nitrogens with zero attached hydrogens (tertiary/aromatic N) is 1. The van der Waals surface area contributed by atoms with Gasteiger partial charge in [-0.1, -0.05) is 23.2 Å². The van der Waals surface area contributed by atoms with E-state index >= 15 is 0 Å². The average Bonchev–Trinajstić information content (AvgIpc) is 2.59. The first-order valence-electron chi connectivity index (χ1n) is 7.20. The molecule has 1 N–H and O–H groups in total. The monoisotopic (exact) mass is 396 g/mol. The number of amides is 1. The lowest BCUT2D eigenvalue weighted by atomic mass is 10.2. The van der Waals surface area contributed by atoms with Gasteiger partial charge in [-0.05, 0) is 30.3 Å². The van der Waals surface area contributed by atoms with Crippen molar-refractivity contribution in [1.29, 1.82) is 0 Å². The normalized spacial score (nSPS) is 10.6. The molecule has 0 bridgehead atoms. The predicted molar refractivity (Wildman–Crippen MR) is 100 cm³/mol. The maximum Gasteiger partial charge on any atom is 0.296 e. The van der Waals surface area contributed by atoms with Crippen LogP contribution in [0.4, 0.5) is 11.4 Å². The number of carbonyl (C=O) groups is 1. The molecule has 2 rings (SSSR count). The molecule has 0 aliphatic carbocycles. The first-order valence-corrected chi connectivity index (χ1v) is 7.95. The van der Waals surface area contributed by atoms with Crippen LogP contribution in [0.15, 0.2) is 36.4 Å². The van der Waals surface area contributed by atoms with Crippen LogP contribution < -0.4 is 14.8 Å². The topological polar surface area (TPSA) is 90.7 Å². The van der Waals surface area contributed by atoms with Crippen molar-refractivity contribution in [2.24, 2.45) is 0 Å². The zero-order valence-electron chi connectivity index (χ0n) is 13.8. The molecular weight excluding hydrogens is 383 g/mol. The van der Waals surface area contributed by atoms with E-state index in [1.54, 1.807) is 6.07 Å². The van der Waals surface area contributed by atoms with E-state index < -0.39 is 10.8 Å².